The van der Waals surface area contributed by atoms with E-state index in [0.717, 1.165) is 56.2 Å². The number of nitrogens with zero attached hydrogens (tertiary/aromatic N) is 4. The van der Waals surface area contributed by atoms with Gasteiger partial charge in [0.2, 0.25) is 5.91 Å². The fourth-order valence-corrected chi connectivity index (χ4v) is 7.27. The minimum atomic E-state index is 0.351. The van der Waals surface area contributed by atoms with Gasteiger partial charge in [0.15, 0.2) is 0 Å². The van der Waals surface area contributed by atoms with Crippen LogP contribution in [-0.2, 0) is 4.79 Å². The van der Waals surface area contributed by atoms with Gasteiger partial charge in [-0.3, -0.25) is 9.69 Å². The molecule has 0 spiro atoms. The highest BCUT2D eigenvalue weighted by Crippen LogP contribution is 2.42. The van der Waals surface area contributed by atoms with Crippen molar-refractivity contribution in [2.45, 2.75) is 57.0 Å². The Morgan fingerprint density at radius 1 is 1.00 bits per heavy atom. The van der Waals surface area contributed by atoms with Crippen molar-refractivity contribution in [1.82, 2.24) is 14.7 Å². The van der Waals surface area contributed by atoms with Gasteiger partial charge in [-0.05, 0) is 94.8 Å². The lowest BCUT2D eigenvalue weighted by Gasteiger charge is -2.57. The molecule has 4 aliphatic heterocycles. The lowest BCUT2D eigenvalue weighted by atomic mass is 9.69. The van der Waals surface area contributed by atoms with E-state index in [1.54, 1.807) is 7.11 Å². The molecular formula is C27H42N4O2. The molecule has 33 heavy (non-hydrogen) atoms. The normalized spacial score (nSPS) is 30.7. The summed E-state index contributed by atoms with van der Waals surface area (Å²) in [6.07, 6.45) is 8.44. The summed E-state index contributed by atoms with van der Waals surface area (Å²) in [5.74, 6) is 2.92. The summed E-state index contributed by atoms with van der Waals surface area (Å²) in [5.41, 5.74) is 1.21. The first-order chi connectivity index (χ1) is 16.1. The van der Waals surface area contributed by atoms with Crippen LogP contribution in [0.4, 0.5) is 5.69 Å². The Morgan fingerprint density at radius 2 is 1.73 bits per heavy atom. The zero-order valence-electron chi connectivity index (χ0n) is 20.6. The first-order valence-corrected chi connectivity index (χ1v) is 13.2. The Balaban J connectivity index is 1.09. The van der Waals surface area contributed by atoms with Crippen molar-refractivity contribution in [2.24, 2.45) is 11.8 Å². The second kappa shape index (κ2) is 10.2. The molecule has 0 radical (unpaired) electrons. The summed E-state index contributed by atoms with van der Waals surface area (Å²) in [5, 5.41) is 0. The van der Waals surface area contributed by atoms with E-state index in [0.29, 0.717) is 18.4 Å². The third kappa shape index (κ3) is 4.88. The van der Waals surface area contributed by atoms with Gasteiger partial charge < -0.3 is 19.4 Å². The van der Waals surface area contributed by atoms with Crippen LogP contribution in [0.5, 0.6) is 5.75 Å². The number of hydrogen-bond acceptors (Lipinski definition) is 5. The van der Waals surface area contributed by atoms with Crippen molar-refractivity contribution in [2.75, 3.05) is 64.9 Å². The number of piperidine rings is 3. The molecule has 0 bridgehead atoms. The van der Waals surface area contributed by atoms with Crippen LogP contribution in [0.3, 0.4) is 0 Å². The van der Waals surface area contributed by atoms with E-state index in [-0.39, 0.29) is 0 Å². The lowest BCUT2D eigenvalue weighted by Crippen LogP contribution is -2.63. The van der Waals surface area contributed by atoms with Crippen molar-refractivity contribution in [3.63, 3.8) is 0 Å². The Bertz CT molecular complexity index is 790. The maximum absolute atomic E-state index is 13.0. The number of carbonyl (C=O) groups is 1. The zero-order valence-corrected chi connectivity index (χ0v) is 20.6. The first-order valence-electron chi connectivity index (χ1n) is 13.2. The summed E-state index contributed by atoms with van der Waals surface area (Å²) in [4.78, 5) is 22.9. The SMILES string of the molecule is COc1ccc(N2CCN(C(=O)CCC[C@@H]3[C@H]4CCCN5CCC[C@@H](CN3C)[C@@H]45)CC2)cc1. The topological polar surface area (TPSA) is 39.3 Å². The van der Waals surface area contributed by atoms with Gasteiger partial charge in [-0.15, -0.1) is 0 Å². The standard InChI is InChI=1S/C27H42N4O2/c1-28-20-21-6-4-14-31-15-5-7-24(27(21)31)25(28)8-3-9-26(32)30-18-16-29(17-19-30)22-10-12-23(33-2)13-11-22/h10-13,21,24-25,27H,3-9,14-20H2,1-2H3/t21-,24+,25+,27-/m0/s1. The van der Waals surface area contributed by atoms with Crippen LogP contribution in [0.2, 0.25) is 0 Å². The van der Waals surface area contributed by atoms with E-state index in [1.165, 1.54) is 57.4 Å². The van der Waals surface area contributed by atoms with Gasteiger partial charge in [-0.25, -0.2) is 0 Å². The van der Waals surface area contributed by atoms with E-state index in [2.05, 4.69) is 38.8 Å². The van der Waals surface area contributed by atoms with Gasteiger partial charge in [-0.2, -0.15) is 0 Å². The fraction of sp³-hybridized carbons (Fsp3) is 0.741. The number of ether oxygens (including phenoxy) is 1. The summed E-state index contributed by atoms with van der Waals surface area (Å²) in [6, 6.07) is 9.72. The number of methoxy groups -OCH3 is 1. The molecule has 5 rings (SSSR count). The predicted molar refractivity (Wildman–Crippen MR) is 133 cm³/mol. The largest absolute Gasteiger partial charge is 0.497 e. The maximum atomic E-state index is 13.0. The number of piperazine rings is 1. The van der Waals surface area contributed by atoms with E-state index in [4.69, 9.17) is 4.74 Å². The van der Waals surface area contributed by atoms with Crippen LogP contribution < -0.4 is 9.64 Å². The second-order valence-corrected chi connectivity index (χ2v) is 10.7. The average molecular weight is 455 g/mol. The van der Waals surface area contributed by atoms with Gasteiger partial charge in [0.1, 0.15) is 5.75 Å². The molecule has 0 aromatic heterocycles. The van der Waals surface area contributed by atoms with Crippen LogP contribution in [0.25, 0.3) is 0 Å². The Morgan fingerprint density at radius 3 is 2.45 bits per heavy atom. The number of anilines is 1. The van der Waals surface area contributed by atoms with Gasteiger partial charge in [0.25, 0.3) is 0 Å². The number of benzene rings is 1. The van der Waals surface area contributed by atoms with Gasteiger partial charge in [0.05, 0.1) is 7.11 Å². The molecule has 1 aromatic rings. The number of amides is 1. The highest BCUT2D eigenvalue weighted by molar-refractivity contribution is 5.76. The molecule has 4 heterocycles. The number of hydrogen-bond donors (Lipinski definition) is 0. The molecule has 4 saturated heterocycles. The van der Waals surface area contributed by atoms with Crippen molar-refractivity contribution < 1.29 is 9.53 Å². The quantitative estimate of drug-likeness (QED) is 0.659. The molecular weight excluding hydrogens is 412 g/mol. The smallest absolute Gasteiger partial charge is 0.222 e. The van der Waals surface area contributed by atoms with E-state index < -0.39 is 0 Å². The minimum absolute atomic E-state index is 0.351. The lowest BCUT2D eigenvalue weighted by molar-refractivity contribution is -0.131. The number of rotatable bonds is 6. The summed E-state index contributed by atoms with van der Waals surface area (Å²) >= 11 is 0. The minimum Gasteiger partial charge on any atom is -0.497 e. The second-order valence-electron chi connectivity index (χ2n) is 10.7. The molecule has 6 heteroatoms. The Labute approximate surface area is 199 Å². The highest BCUT2D eigenvalue weighted by Gasteiger charge is 2.47. The molecule has 4 aliphatic rings. The van der Waals surface area contributed by atoms with Crippen LogP contribution >= 0.6 is 0 Å². The number of likely N-dealkylation sites (tertiary alicyclic amines) is 1. The molecule has 6 nitrogen and oxygen atoms in total. The molecule has 182 valence electrons. The molecule has 0 saturated carbocycles. The molecule has 0 aliphatic carbocycles. The monoisotopic (exact) mass is 454 g/mol. The maximum Gasteiger partial charge on any atom is 0.222 e. The van der Waals surface area contributed by atoms with Crippen LogP contribution in [0, 0.1) is 11.8 Å². The van der Waals surface area contributed by atoms with Gasteiger partial charge in [-0.1, -0.05) is 0 Å². The highest BCUT2D eigenvalue weighted by atomic mass is 16.5. The summed E-state index contributed by atoms with van der Waals surface area (Å²) in [6.45, 7) is 7.35. The zero-order chi connectivity index (χ0) is 22.8. The molecule has 1 amide bonds. The number of carbonyl (C=O) groups excluding carboxylic acids is 1. The van der Waals surface area contributed by atoms with Gasteiger partial charge in [0, 0.05) is 56.9 Å². The molecule has 1 aromatic carbocycles. The van der Waals surface area contributed by atoms with E-state index in [1.807, 2.05) is 12.1 Å². The van der Waals surface area contributed by atoms with Crippen molar-refractivity contribution in [1.29, 1.82) is 0 Å². The molecule has 0 unspecified atom stereocenters. The first kappa shape index (κ1) is 23.0. The van der Waals surface area contributed by atoms with Gasteiger partial charge >= 0.3 is 0 Å². The Kier molecular flexibility index (Phi) is 7.12. The predicted octanol–water partition coefficient (Wildman–Crippen LogP) is 3.32. The average Bonchev–Trinajstić information content (AvgIpc) is 2.86. The van der Waals surface area contributed by atoms with E-state index in [9.17, 15) is 4.79 Å². The molecule has 4 fully saturated rings. The Hall–Kier alpha value is -1.79. The van der Waals surface area contributed by atoms with E-state index >= 15 is 0 Å². The fourth-order valence-electron chi connectivity index (χ4n) is 7.27. The third-order valence-corrected chi connectivity index (χ3v) is 8.89. The van der Waals surface area contributed by atoms with Crippen LogP contribution in [-0.4, -0.2) is 92.7 Å². The summed E-state index contributed by atoms with van der Waals surface area (Å²) in [7, 11) is 4.04. The molecule has 4 atom stereocenters. The van der Waals surface area contributed by atoms with Crippen molar-refractivity contribution in [3.05, 3.63) is 24.3 Å². The third-order valence-electron chi connectivity index (χ3n) is 8.89. The van der Waals surface area contributed by atoms with Crippen LogP contribution in [0.15, 0.2) is 24.3 Å². The van der Waals surface area contributed by atoms with Crippen molar-refractivity contribution >= 4 is 11.6 Å². The molecule has 0 N–H and O–H groups in total. The van der Waals surface area contributed by atoms with Crippen molar-refractivity contribution in [3.8, 4) is 5.75 Å². The summed E-state index contributed by atoms with van der Waals surface area (Å²) < 4.78 is 5.26. The van der Waals surface area contributed by atoms with Crippen LogP contribution in [0.1, 0.15) is 44.9 Å².